The quantitative estimate of drug-likeness (QED) is 0.175. The van der Waals surface area contributed by atoms with Crippen LogP contribution >= 0.6 is 63.6 Å². The Labute approximate surface area is 210 Å². The first kappa shape index (κ1) is 24.7. The Morgan fingerprint density at radius 2 is 0.871 bits per heavy atom. The fraction of sp³-hybridized carbons (Fsp3) is 0. The molecular formula is C23H15Cl6FeO. The molecule has 31 heavy (non-hydrogen) atoms. The number of hydrogen-bond acceptors (Lipinski definition) is 0. The molecule has 0 N–H and O–H groups in total. The molecular weight excluding hydrogens is 561 g/mol. The second kappa shape index (κ2) is 11.3. The summed E-state index contributed by atoms with van der Waals surface area (Å²) < 4.78 is 6.21. The van der Waals surface area contributed by atoms with Crippen LogP contribution in [0, 0.1) is 0 Å². The van der Waals surface area contributed by atoms with Crippen LogP contribution in [0.1, 0.15) is 0 Å². The Bertz CT molecular complexity index is 1060. The number of benzene rings is 3. The van der Waals surface area contributed by atoms with Gasteiger partial charge in [0.15, 0.2) is 0 Å². The van der Waals surface area contributed by atoms with Crippen molar-refractivity contribution < 1.29 is 13.6 Å². The normalized spacial score (nSPS) is 11.4. The van der Waals surface area contributed by atoms with Crippen LogP contribution in [0.2, 0.25) is 10.0 Å². The van der Waals surface area contributed by atoms with Crippen molar-refractivity contribution >= 4 is 63.6 Å². The molecule has 0 amide bonds. The SMILES string of the molecule is Clc1ccc(-c2cc(-c3ccccc3)cc(-c3ccc(Cl)cc3)[o+]2)cc1.[Cl][Fe-]([Cl])([Cl])[Cl]. The van der Waals surface area contributed by atoms with E-state index in [0.717, 1.165) is 33.8 Å². The van der Waals surface area contributed by atoms with Crippen LogP contribution in [0.3, 0.4) is 0 Å². The molecule has 0 atom stereocenters. The molecule has 0 saturated carbocycles. The summed E-state index contributed by atoms with van der Waals surface area (Å²) in [6.07, 6.45) is 0. The van der Waals surface area contributed by atoms with E-state index in [0.29, 0.717) is 10.0 Å². The second-order valence-electron chi connectivity index (χ2n) is 6.26. The van der Waals surface area contributed by atoms with Gasteiger partial charge in [-0.25, -0.2) is 4.42 Å². The Balaban J connectivity index is 0.000000491. The van der Waals surface area contributed by atoms with E-state index in [1.54, 1.807) is 0 Å². The van der Waals surface area contributed by atoms with Gasteiger partial charge < -0.3 is 0 Å². The molecule has 0 spiro atoms. The van der Waals surface area contributed by atoms with Crippen LogP contribution in [0.5, 0.6) is 0 Å². The molecule has 163 valence electrons. The predicted molar refractivity (Wildman–Crippen MR) is 133 cm³/mol. The molecule has 3 aromatic carbocycles. The summed E-state index contributed by atoms with van der Waals surface area (Å²) >= 11 is 12.1. The van der Waals surface area contributed by atoms with E-state index < -0.39 is 9.20 Å². The van der Waals surface area contributed by atoms with E-state index >= 15 is 0 Å². The third kappa shape index (κ3) is 8.17. The van der Waals surface area contributed by atoms with Crippen LogP contribution < -0.4 is 0 Å². The molecule has 0 unspecified atom stereocenters. The Morgan fingerprint density at radius 1 is 0.484 bits per heavy atom. The summed E-state index contributed by atoms with van der Waals surface area (Å²) in [5, 5.41) is 1.40. The fourth-order valence-corrected chi connectivity index (χ4v) is 3.06. The van der Waals surface area contributed by atoms with Crippen molar-refractivity contribution in [3.05, 3.63) is 101 Å². The average Bonchev–Trinajstić information content (AvgIpc) is 2.74. The van der Waals surface area contributed by atoms with Crippen molar-refractivity contribution in [2.45, 2.75) is 0 Å². The standard InChI is InChI=1S/C23H15Cl2O.4ClH.Fe/c24-20-10-6-17(7-11-20)22-14-19(16-4-2-1-3-5-16)15-23(26-22)18-8-12-21(25)13-9-18;;;;;/h1-15H;4*1H;/q+1;;;;;+3/p-4. The molecule has 0 bridgehead atoms. The second-order valence-corrected chi connectivity index (χ2v) is 18.1. The zero-order valence-corrected chi connectivity index (χ0v) is 21.3. The number of halogens is 6. The molecule has 1 heterocycles. The summed E-state index contributed by atoms with van der Waals surface area (Å²) in [5.74, 6) is 1.57. The van der Waals surface area contributed by atoms with Gasteiger partial charge in [0.05, 0.1) is 23.3 Å². The molecule has 0 aliphatic carbocycles. The Hall–Kier alpha value is -0.931. The summed E-state index contributed by atoms with van der Waals surface area (Å²) in [6, 6.07) is 29.7. The van der Waals surface area contributed by atoms with Gasteiger partial charge in [0.25, 0.3) is 0 Å². The first-order valence-corrected chi connectivity index (χ1v) is 15.6. The van der Waals surface area contributed by atoms with Crippen LogP contribution in [-0.4, -0.2) is 0 Å². The first-order valence-electron chi connectivity index (χ1n) is 8.78. The molecule has 0 aliphatic rings. The molecule has 4 aromatic rings. The van der Waals surface area contributed by atoms with Crippen molar-refractivity contribution in [2.24, 2.45) is 0 Å². The molecule has 0 radical (unpaired) electrons. The first-order chi connectivity index (χ1) is 14.7. The van der Waals surface area contributed by atoms with Gasteiger partial charge in [-0.15, -0.1) is 0 Å². The molecule has 0 fully saturated rings. The van der Waals surface area contributed by atoms with E-state index in [1.807, 2.05) is 66.7 Å². The molecule has 4 rings (SSSR count). The van der Waals surface area contributed by atoms with Crippen LogP contribution in [0.25, 0.3) is 33.8 Å². The van der Waals surface area contributed by atoms with Gasteiger partial charge in [0, 0.05) is 15.6 Å². The van der Waals surface area contributed by atoms with E-state index in [9.17, 15) is 0 Å². The Morgan fingerprint density at radius 3 is 1.26 bits per heavy atom. The van der Waals surface area contributed by atoms with Gasteiger partial charge in [-0.3, -0.25) is 0 Å². The van der Waals surface area contributed by atoms with Crippen LogP contribution in [-0.2, 0) is 9.20 Å². The maximum atomic E-state index is 6.21. The van der Waals surface area contributed by atoms with E-state index in [1.165, 1.54) is 0 Å². The maximum absolute atomic E-state index is 6.21. The van der Waals surface area contributed by atoms with Crippen molar-refractivity contribution in [1.29, 1.82) is 0 Å². The zero-order chi connectivity index (χ0) is 22.4. The number of hydrogen-bond donors (Lipinski definition) is 0. The van der Waals surface area contributed by atoms with E-state index in [4.69, 9.17) is 68.0 Å². The topological polar surface area (TPSA) is 11.3 Å². The van der Waals surface area contributed by atoms with Crippen molar-refractivity contribution in [3.8, 4) is 33.8 Å². The zero-order valence-electron chi connectivity index (χ0n) is 15.7. The van der Waals surface area contributed by atoms with Crippen molar-refractivity contribution in [1.82, 2.24) is 0 Å². The Kier molecular flexibility index (Phi) is 8.99. The third-order valence-corrected chi connectivity index (χ3v) is 4.66. The predicted octanol–water partition coefficient (Wildman–Crippen LogP) is 10.6. The average molecular weight is 576 g/mol. The van der Waals surface area contributed by atoms with E-state index in [-0.39, 0.29) is 0 Å². The van der Waals surface area contributed by atoms with Crippen molar-refractivity contribution in [2.75, 3.05) is 0 Å². The van der Waals surface area contributed by atoms with Gasteiger partial charge in [0.1, 0.15) is 0 Å². The monoisotopic (exact) mass is 573 g/mol. The molecule has 0 aliphatic heterocycles. The summed E-state index contributed by atoms with van der Waals surface area (Å²) in [5.41, 5.74) is 4.17. The summed E-state index contributed by atoms with van der Waals surface area (Å²) in [4.78, 5) is 0. The minimum absolute atomic E-state index is 0.700. The van der Waals surface area contributed by atoms with Crippen LogP contribution in [0.4, 0.5) is 0 Å². The molecule has 0 saturated heterocycles. The fourth-order valence-electron chi connectivity index (χ4n) is 2.81. The number of rotatable bonds is 3. The molecule has 1 nitrogen and oxygen atoms in total. The van der Waals surface area contributed by atoms with Gasteiger partial charge in [-0.2, -0.15) is 0 Å². The third-order valence-electron chi connectivity index (χ3n) is 4.16. The van der Waals surface area contributed by atoms with Gasteiger partial charge in [-0.1, -0.05) is 53.5 Å². The van der Waals surface area contributed by atoms with Gasteiger partial charge in [-0.05, 0) is 54.1 Å². The van der Waals surface area contributed by atoms with Crippen molar-refractivity contribution in [3.63, 3.8) is 0 Å². The molecule has 1 aromatic heterocycles. The molecule has 8 heteroatoms. The van der Waals surface area contributed by atoms with Crippen LogP contribution in [0.15, 0.2) is 95.4 Å². The minimum atomic E-state index is -2.61. The van der Waals surface area contributed by atoms with Gasteiger partial charge >= 0.3 is 61.1 Å². The summed E-state index contributed by atoms with van der Waals surface area (Å²) in [7, 11) is 17.2. The van der Waals surface area contributed by atoms with Gasteiger partial charge in [0.2, 0.25) is 0 Å². The van der Waals surface area contributed by atoms with E-state index in [2.05, 4.69) is 24.3 Å². The summed E-state index contributed by atoms with van der Waals surface area (Å²) in [6.45, 7) is 0.